The van der Waals surface area contributed by atoms with Crippen LogP contribution in [0.2, 0.25) is 0 Å². The zero-order valence-corrected chi connectivity index (χ0v) is 8.84. The fourth-order valence-corrected chi connectivity index (χ4v) is 1.66. The number of aromatic nitrogens is 2. The first kappa shape index (κ1) is 10.5. The van der Waals surface area contributed by atoms with Crippen LogP contribution in [-0.4, -0.2) is 25.6 Å². The van der Waals surface area contributed by atoms with Gasteiger partial charge in [0.15, 0.2) is 0 Å². The lowest BCUT2D eigenvalue weighted by molar-refractivity contribution is -0.136. The van der Waals surface area contributed by atoms with Crippen LogP contribution in [-0.2, 0) is 11.2 Å². The van der Waals surface area contributed by atoms with Crippen molar-refractivity contribution in [2.45, 2.75) is 19.8 Å². The molecule has 0 unspecified atom stereocenters. The van der Waals surface area contributed by atoms with Gasteiger partial charge in [0, 0.05) is 12.1 Å². The fourth-order valence-electron chi connectivity index (χ4n) is 1.66. The molecule has 0 aliphatic rings. The Morgan fingerprint density at radius 1 is 1.50 bits per heavy atom. The topological polar surface area (TPSA) is 74.8 Å². The minimum atomic E-state index is -0.834. The third-order valence-electron chi connectivity index (χ3n) is 2.52. The number of aliphatic carboxylic acids is 1. The maximum atomic E-state index is 10.5. The van der Waals surface area contributed by atoms with E-state index in [1.807, 2.05) is 6.92 Å². The second kappa shape index (κ2) is 3.84. The summed E-state index contributed by atoms with van der Waals surface area (Å²) >= 11 is 0. The summed E-state index contributed by atoms with van der Waals surface area (Å²) in [6.07, 6.45) is 2.04. The first-order chi connectivity index (χ1) is 7.58. The van der Waals surface area contributed by atoms with Crippen molar-refractivity contribution < 1.29 is 15.0 Å². The van der Waals surface area contributed by atoms with Crippen molar-refractivity contribution >= 4 is 11.6 Å². The van der Waals surface area contributed by atoms with Gasteiger partial charge < -0.3 is 14.6 Å². The van der Waals surface area contributed by atoms with E-state index < -0.39 is 5.97 Å². The highest BCUT2D eigenvalue weighted by Gasteiger charge is 2.09. The molecule has 5 nitrogen and oxygen atoms in total. The van der Waals surface area contributed by atoms with Gasteiger partial charge in [-0.05, 0) is 19.1 Å². The minimum Gasteiger partial charge on any atom is -0.506 e. The monoisotopic (exact) mass is 220 g/mol. The van der Waals surface area contributed by atoms with Crippen LogP contribution >= 0.6 is 0 Å². The molecule has 0 saturated carbocycles. The number of hydrogen-bond acceptors (Lipinski definition) is 3. The second-order valence-electron chi connectivity index (χ2n) is 3.65. The molecule has 0 bridgehead atoms. The molecular weight excluding hydrogens is 208 g/mol. The van der Waals surface area contributed by atoms with Gasteiger partial charge in [-0.1, -0.05) is 0 Å². The van der Waals surface area contributed by atoms with Crippen LogP contribution in [0.5, 0.6) is 5.75 Å². The van der Waals surface area contributed by atoms with Crippen molar-refractivity contribution in [3.8, 4) is 5.75 Å². The van der Waals surface area contributed by atoms with E-state index >= 15 is 0 Å². The normalized spacial score (nSPS) is 10.8. The summed E-state index contributed by atoms with van der Waals surface area (Å²) in [4.78, 5) is 14.8. The van der Waals surface area contributed by atoms with Crippen LogP contribution in [0, 0.1) is 6.92 Å². The Kier molecular flexibility index (Phi) is 2.52. The summed E-state index contributed by atoms with van der Waals surface area (Å²) in [5.41, 5.74) is 2.34. The number of fused-ring (bicyclic) bond motifs is 1. The highest BCUT2D eigenvalue weighted by molar-refractivity contribution is 5.67. The summed E-state index contributed by atoms with van der Waals surface area (Å²) in [6, 6.07) is 3.26. The number of hydrogen-bond donors (Lipinski definition) is 2. The average molecular weight is 220 g/mol. The van der Waals surface area contributed by atoms with E-state index in [2.05, 4.69) is 4.98 Å². The maximum absolute atomic E-state index is 10.5. The molecule has 0 aromatic carbocycles. The van der Waals surface area contributed by atoms with Crippen LogP contribution in [0.15, 0.2) is 18.3 Å². The molecule has 0 radical (unpaired) electrons. The molecule has 0 fully saturated rings. The zero-order chi connectivity index (χ0) is 11.7. The van der Waals surface area contributed by atoms with E-state index in [1.165, 1.54) is 0 Å². The van der Waals surface area contributed by atoms with Gasteiger partial charge in [0.25, 0.3) is 0 Å². The third kappa shape index (κ3) is 1.84. The molecule has 84 valence electrons. The Balaban J connectivity index is 2.40. The van der Waals surface area contributed by atoms with Crippen molar-refractivity contribution in [2.24, 2.45) is 0 Å². The van der Waals surface area contributed by atoms with Crippen molar-refractivity contribution in [3.05, 3.63) is 29.7 Å². The lowest BCUT2D eigenvalue weighted by atomic mass is 10.2. The van der Waals surface area contributed by atoms with E-state index in [4.69, 9.17) is 5.11 Å². The van der Waals surface area contributed by atoms with Gasteiger partial charge in [-0.15, -0.1) is 0 Å². The molecule has 0 amide bonds. The highest BCUT2D eigenvalue weighted by atomic mass is 16.4. The van der Waals surface area contributed by atoms with Gasteiger partial charge in [-0.25, -0.2) is 4.98 Å². The molecule has 2 heterocycles. The lowest BCUT2D eigenvalue weighted by Gasteiger charge is -1.97. The Morgan fingerprint density at radius 2 is 2.25 bits per heavy atom. The van der Waals surface area contributed by atoms with Crippen molar-refractivity contribution in [1.29, 1.82) is 0 Å². The highest BCUT2D eigenvalue weighted by Crippen LogP contribution is 2.17. The molecule has 2 aromatic heterocycles. The van der Waals surface area contributed by atoms with Gasteiger partial charge in [0.2, 0.25) is 0 Å². The quantitative estimate of drug-likeness (QED) is 0.819. The lowest BCUT2D eigenvalue weighted by Crippen LogP contribution is -1.99. The largest absolute Gasteiger partial charge is 0.506 e. The van der Waals surface area contributed by atoms with Crippen LogP contribution in [0.4, 0.5) is 0 Å². The van der Waals surface area contributed by atoms with Crippen molar-refractivity contribution in [3.63, 3.8) is 0 Å². The molecule has 0 aliphatic heterocycles. The Labute approximate surface area is 92.0 Å². The number of nitrogens with zero attached hydrogens (tertiary/aromatic N) is 2. The molecule has 0 atom stereocenters. The summed E-state index contributed by atoms with van der Waals surface area (Å²) in [5.74, 6) is -0.669. The van der Waals surface area contributed by atoms with E-state index in [9.17, 15) is 9.90 Å². The number of carboxylic acids is 1. The van der Waals surface area contributed by atoms with Crippen LogP contribution in [0.25, 0.3) is 5.65 Å². The SMILES string of the molecule is Cc1c(CCC(=O)O)nc2ccc(O)cn12. The predicted molar refractivity (Wildman–Crippen MR) is 57.6 cm³/mol. The molecule has 2 N–H and O–H groups in total. The summed E-state index contributed by atoms with van der Waals surface area (Å²) in [6.45, 7) is 1.86. The first-order valence-corrected chi connectivity index (χ1v) is 4.96. The summed E-state index contributed by atoms with van der Waals surface area (Å²) in [5, 5.41) is 17.9. The van der Waals surface area contributed by atoms with Crippen LogP contribution in [0.1, 0.15) is 17.8 Å². The molecule has 5 heteroatoms. The smallest absolute Gasteiger partial charge is 0.303 e. The van der Waals surface area contributed by atoms with Gasteiger partial charge >= 0.3 is 5.97 Å². The first-order valence-electron chi connectivity index (χ1n) is 4.96. The molecule has 0 saturated heterocycles. The van der Waals surface area contributed by atoms with E-state index in [-0.39, 0.29) is 12.2 Å². The van der Waals surface area contributed by atoms with E-state index in [0.717, 1.165) is 17.0 Å². The summed E-state index contributed by atoms with van der Waals surface area (Å²) in [7, 11) is 0. The average Bonchev–Trinajstić information content (AvgIpc) is 2.53. The molecule has 2 aromatic rings. The molecule has 16 heavy (non-hydrogen) atoms. The second-order valence-corrected chi connectivity index (χ2v) is 3.65. The Morgan fingerprint density at radius 3 is 2.94 bits per heavy atom. The Hall–Kier alpha value is -2.04. The number of rotatable bonds is 3. The zero-order valence-electron chi connectivity index (χ0n) is 8.84. The number of carbonyl (C=O) groups is 1. The van der Waals surface area contributed by atoms with Crippen molar-refractivity contribution in [2.75, 3.05) is 0 Å². The van der Waals surface area contributed by atoms with Crippen molar-refractivity contribution in [1.82, 2.24) is 9.38 Å². The van der Waals surface area contributed by atoms with Crippen LogP contribution in [0.3, 0.4) is 0 Å². The number of imidazole rings is 1. The molecule has 2 rings (SSSR count). The Bertz CT molecular complexity index is 545. The van der Waals surface area contributed by atoms with Gasteiger partial charge in [0.1, 0.15) is 11.4 Å². The molecular formula is C11H12N2O3. The molecule has 0 aliphatic carbocycles. The number of aryl methyl sites for hydroxylation is 2. The fraction of sp³-hybridized carbons (Fsp3) is 0.273. The number of aromatic hydroxyl groups is 1. The van der Waals surface area contributed by atoms with E-state index in [0.29, 0.717) is 6.42 Å². The van der Waals surface area contributed by atoms with Crippen LogP contribution < -0.4 is 0 Å². The van der Waals surface area contributed by atoms with Gasteiger partial charge in [-0.2, -0.15) is 0 Å². The predicted octanol–water partition coefficient (Wildman–Crippen LogP) is 1.37. The van der Waals surface area contributed by atoms with Gasteiger partial charge in [0.05, 0.1) is 18.3 Å². The van der Waals surface area contributed by atoms with E-state index in [1.54, 1.807) is 22.7 Å². The number of pyridine rings is 1. The maximum Gasteiger partial charge on any atom is 0.303 e. The minimum absolute atomic E-state index is 0.0662. The van der Waals surface area contributed by atoms with Gasteiger partial charge in [-0.3, -0.25) is 4.79 Å². The summed E-state index contributed by atoms with van der Waals surface area (Å²) < 4.78 is 1.76. The number of carboxylic acid groups (broad SMARTS) is 1. The standard InChI is InChI=1S/C11H12N2O3/c1-7-9(3-5-11(15)16)12-10-4-2-8(14)6-13(7)10/h2,4,6,14H,3,5H2,1H3,(H,15,16). The third-order valence-corrected chi connectivity index (χ3v) is 2.52. The molecule has 0 spiro atoms.